The van der Waals surface area contributed by atoms with Crippen LogP contribution in [0, 0.1) is 13.3 Å². The van der Waals surface area contributed by atoms with E-state index >= 15 is 0 Å². The van der Waals surface area contributed by atoms with Crippen LogP contribution in [-0.2, 0) is 6.18 Å². The second-order valence-electron chi connectivity index (χ2n) is 5.15. The van der Waals surface area contributed by atoms with E-state index in [1.165, 1.54) is 11.1 Å². The number of hydrogen-bond donors (Lipinski definition) is 0. The van der Waals surface area contributed by atoms with Gasteiger partial charge in [-0.05, 0) is 42.0 Å². The summed E-state index contributed by atoms with van der Waals surface area (Å²) in [6, 6.07) is 13.6. The van der Waals surface area contributed by atoms with Gasteiger partial charge in [0.05, 0.1) is 5.56 Å². The maximum absolute atomic E-state index is 12.5. The highest BCUT2D eigenvalue weighted by atomic mass is 19.4. The van der Waals surface area contributed by atoms with E-state index in [4.69, 9.17) is 0 Å². The molecule has 102 valence electrons. The first kappa shape index (κ1) is 13.2. The van der Waals surface area contributed by atoms with Crippen molar-refractivity contribution in [3.63, 3.8) is 0 Å². The summed E-state index contributed by atoms with van der Waals surface area (Å²) in [5, 5.41) is 0. The summed E-state index contributed by atoms with van der Waals surface area (Å²) in [5.74, 6) is 0.312. The highest BCUT2D eigenvalue weighted by molar-refractivity contribution is 5.45. The van der Waals surface area contributed by atoms with Gasteiger partial charge < -0.3 is 0 Å². The molecule has 0 N–H and O–H groups in total. The van der Waals surface area contributed by atoms with Crippen LogP contribution in [-0.4, -0.2) is 0 Å². The second kappa shape index (κ2) is 4.65. The van der Waals surface area contributed by atoms with Crippen LogP contribution >= 0.6 is 0 Å². The fourth-order valence-corrected chi connectivity index (χ4v) is 2.37. The lowest BCUT2D eigenvalue weighted by Gasteiger charge is -2.07. The van der Waals surface area contributed by atoms with Crippen molar-refractivity contribution in [2.75, 3.05) is 0 Å². The van der Waals surface area contributed by atoms with Gasteiger partial charge in [-0.15, -0.1) is 0 Å². The van der Waals surface area contributed by atoms with Gasteiger partial charge in [-0.2, -0.15) is 13.2 Å². The molecule has 0 spiro atoms. The maximum atomic E-state index is 12.5. The summed E-state index contributed by atoms with van der Waals surface area (Å²) in [4.78, 5) is 0. The Bertz CT molecular complexity index is 594. The van der Waals surface area contributed by atoms with Crippen LogP contribution < -0.4 is 0 Å². The monoisotopic (exact) mass is 274 g/mol. The molecule has 0 unspecified atom stereocenters. The Hall–Kier alpha value is -1.77. The maximum Gasteiger partial charge on any atom is 0.416 e. The molecule has 2 radical (unpaired) electrons. The molecule has 1 aliphatic carbocycles. The molecule has 1 aliphatic rings. The van der Waals surface area contributed by atoms with Crippen molar-refractivity contribution in [3.8, 4) is 0 Å². The summed E-state index contributed by atoms with van der Waals surface area (Å²) < 4.78 is 37.5. The third-order valence-corrected chi connectivity index (χ3v) is 3.62. The minimum atomic E-state index is -4.27. The van der Waals surface area contributed by atoms with Crippen LogP contribution in [0.4, 0.5) is 13.2 Å². The van der Waals surface area contributed by atoms with Crippen molar-refractivity contribution in [3.05, 3.63) is 77.2 Å². The predicted molar refractivity (Wildman–Crippen MR) is 71.3 cm³/mol. The van der Waals surface area contributed by atoms with Gasteiger partial charge in [-0.1, -0.05) is 42.0 Å². The van der Waals surface area contributed by atoms with Crippen LogP contribution in [0.1, 0.15) is 34.1 Å². The van der Waals surface area contributed by atoms with Crippen LogP contribution in [0.25, 0.3) is 0 Å². The van der Waals surface area contributed by atoms with Gasteiger partial charge in [0.1, 0.15) is 0 Å². The van der Waals surface area contributed by atoms with E-state index in [0.717, 1.165) is 17.7 Å². The van der Waals surface area contributed by atoms with Gasteiger partial charge in [0.2, 0.25) is 0 Å². The molecule has 0 nitrogen and oxygen atoms in total. The van der Waals surface area contributed by atoms with E-state index in [1.54, 1.807) is 12.1 Å². The standard InChI is InChI=1S/C17H13F3/c1-11-2-4-12(5-3-11)15-10-16(15)13-6-8-14(9-7-13)17(18,19)20/h2-9,15-16H,1H3/t15-,16-/m0/s1. The van der Waals surface area contributed by atoms with E-state index in [0.29, 0.717) is 0 Å². The quantitative estimate of drug-likeness (QED) is 0.724. The molecule has 2 aromatic rings. The third kappa shape index (κ3) is 2.58. The number of alkyl halides is 3. The summed E-state index contributed by atoms with van der Waals surface area (Å²) in [5.41, 5.74) is 2.65. The summed E-state index contributed by atoms with van der Waals surface area (Å²) >= 11 is 0. The molecule has 0 aromatic heterocycles. The highest BCUT2D eigenvalue weighted by Gasteiger charge is 2.40. The molecule has 20 heavy (non-hydrogen) atoms. The lowest BCUT2D eigenvalue weighted by atomic mass is 10.0. The first-order valence-corrected chi connectivity index (χ1v) is 6.45. The number of halogens is 3. The molecule has 3 heteroatoms. The Morgan fingerprint density at radius 3 is 1.70 bits per heavy atom. The van der Waals surface area contributed by atoms with Crippen molar-refractivity contribution in [1.29, 1.82) is 0 Å². The van der Waals surface area contributed by atoms with Gasteiger partial charge >= 0.3 is 6.18 Å². The van der Waals surface area contributed by atoms with Crippen molar-refractivity contribution in [2.45, 2.75) is 24.9 Å². The smallest absolute Gasteiger partial charge is 0.166 e. The SMILES string of the molecule is Cc1ccc([C@@H]2[C][C@H]2c2ccc(C(F)(F)F)cc2)cc1. The van der Waals surface area contributed by atoms with Crippen molar-refractivity contribution in [1.82, 2.24) is 0 Å². The Morgan fingerprint density at radius 1 is 0.800 bits per heavy atom. The van der Waals surface area contributed by atoms with Crippen LogP contribution in [0.3, 0.4) is 0 Å². The average Bonchev–Trinajstić information content (AvgIpc) is 3.19. The molecule has 1 saturated carbocycles. The fourth-order valence-electron chi connectivity index (χ4n) is 2.37. The Labute approximate surface area is 116 Å². The molecular formula is C17H13F3. The minimum absolute atomic E-state index is 0.111. The van der Waals surface area contributed by atoms with Gasteiger partial charge in [0.25, 0.3) is 0 Å². The Kier molecular flexibility index (Phi) is 3.08. The zero-order valence-electron chi connectivity index (χ0n) is 10.9. The van der Waals surface area contributed by atoms with Gasteiger partial charge in [-0.3, -0.25) is 0 Å². The molecule has 3 rings (SSSR count). The number of aryl methyl sites for hydroxylation is 1. The normalized spacial score (nSPS) is 21.8. The van der Waals surface area contributed by atoms with Gasteiger partial charge in [-0.25, -0.2) is 0 Å². The average molecular weight is 274 g/mol. The third-order valence-electron chi connectivity index (χ3n) is 3.62. The van der Waals surface area contributed by atoms with E-state index in [9.17, 15) is 13.2 Å². The molecule has 1 fully saturated rings. The molecule has 0 amide bonds. The van der Waals surface area contributed by atoms with Crippen LogP contribution in [0.5, 0.6) is 0 Å². The molecular weight excluding hydrogens is 261 g/mol. The molecule has 0 saturated heterocycles. The second-order valence-corrected chi connectivity index (χ2v) is 5.15. The molecule has 2 aromatic carbocycles. The van der Waals surface area contributed by atoms with Crippen molar-refractivity contribution in [2.24, 2.45) is 0 Å². The largest absolute Gasteiger partial charge is 0.416 e. The number of benzene rings is 2. The van der Waals surface area contributed by atoms with E-state index in [1.807, 2.05) is 19.1 Å². The summed E-state index contributed by atoms with van der Waals surface area (Å²) in [6.45, 7) is 2.03. The highest BCUT2D eigenvalue weighted by Crippen LogP contribution is 2.53. The zero-order valence-corrected chi connectivity index (χ0v) is 10.9. The molecule has 0 heterocycles. The summed E-state index contributed by atoms with van der Waals surface area (Å²) in [6.07, 6.45) is -0.974. The van der Waals surface area contributed by atoms with Crippen molar-refractivity contribution < 1.29 is 13.2 Å². The Morgan fingerprint density at radius 2 is 1.25 bits per heavy atom. The van der Waals surface area contributed by atoms with E-state index in [-0.39, 0.29) is 11.8 Å². The zero-order chi connectivity index (χ0) is 14.3. The van der Waals surface area contributed by atoms with E-state index < -0.39 is 11.7 Å². The number of rotatable bonds is 2. The molecule has 0 aliphatic heterocycles. The van der Waals surface area contributed by atoms with E-state index in [2.05, 4.69) is 18.6 Å². The topological polar surface area (TPSA) is 0 Å². The lowest BCUT2D eigenvalue weighted by Crippen LogP contribution is -2.04. The lowest BCUT2D eigenvalue weighted by molar-refractivity contribution is -0.137. The molecule has 2 atom stereocenters. The number of hydrogen-bond acceptors (Lipinski definition) is 0. The van der Waals surface area contributed by atoms with Crippen LogP contribution in [0.15, 0.2) is 48.5 Å². The fraction of sp³-hybridized carbons (Fsp3) is 0.235. The Balaban J connectivity index is 1.74. The minimum Gasteiger partial charge on any atom is -0.166 e. The van der Waals surface area contributed by atoms with Crippen molar-refractivity contribution >= 4 is 0 Å². The summed E-state index contributed by atoms with van der Waals surface area (Å²) in [7, 11) is 0. The predicted octanol–water partition coefficient (Wildman–Crippen LogP) is 4.98. The van der Waals surface area contributed by atoms with Gasteiger partial charge in [0.15, 0.2) is 0 Å². The van der Waals surface area contributed by atoms with Crippen LogP contribution in [0.2, 0.25) is 0 Å². The first-order valence-electron chi connectivity index (χ1n) is 6.45. The first-order chi connectivity index (χ1) is 9.45. The van der Waals surface area contributed by atoms with Gasteiger partial charge in [0, 0.05) is 6.42 Å². The molecule has 0 bridgehead atoms.